The van der Waals surface area contributed by atoms with E-state index in [1.165, 1.54) is 18.2 Å². The highest BCUT2D eigenvalue weighted by molar-refractivity contribution is 6.00. The molecule has 3 aromatic carbocycles. The van der Waals surface area contributed by atoms with E-state index in [1.807, 2.05) is 66.7 Å². The summed E-state index contributed by atoms with van der Waals surface area (Å²) >= 11 is 0. The summed E-state index contributed by atoms with van der Waals surface area (Å²) in [4.78, 5) is 45.6. The average Bonchev–Trinajstić information content (AvgIpc) is 3.59. The zero-order chi connectivity index (χ0) is 33.2. The van der Waals surface area contributed by atoms with E-state index in [0.717, 1.165) is 22.5 Å². The van der Waals surface area contributed by atoms with Gasteiger partial charge in [-0.1, -0.05) is 78.9 Å². The fourth-order valence-electron chi connectivity index (χ4n) is 5.36. The Morgan fingerprint density at radius 2 is 1.47 bits per heavy atom. The second-order valence-corrected chi connectivity index (χ2v) is 10.9. The molecule has 4 aromatic rings. The normalized spacial score (nSPS) is 14.8. The molecular formula is C37H34N4O6. The Labute approximate surface area is 272 Å². The van der Waals surface area contributed by atoms with Gasteiger partial charge in [-0.15, -0.1) is 0 Å². The van der Waals surface area contributed by atoms with Gasteiger partial charge in [-0.3, -0.25) is 10.1 Å². The SMILES string of the molecule is CC1=C(C(=O)OCC=Cc2ccccc2)C(c2cccc([N+](=O)[O-])c2)C(C(=O)OCC=Cc2ccc(Cc3ncc[nH]3)cc2)=C(C)N1. The van der Waals surface area contributed by atoms with Crippen molar-refractivity contribution < 1.29 is 24.0 Å². The number of benzene rings is 3. The predicted molar refractivity (Wildman–Crippen MR) is 179 cm³/mol. The Balaban J connectivity index is 1.32. The molecule has 1 unspecified atom stereocenters. The number of hydrogen-bond acceptors (Lipinski definition) is 8. The van der Waals surface area contributed by atoms with Crippen molar-refractivity contribution in [3.8, 4) is 0 Å². The van der Waals surface area contributed by atoms with Crippen LogP contribution in [0.5, 0.6) is 0 Å². The van der Waals surface area contributed by atoms with E-state index in [9.17, 15) is 19.7 Å². The van der Waals surface area contributed by atoms with Crippen molar-refractivity contribution in [1.29, 1.82) is 0 Å². The molecule has 1 aliphatic rings. The van der Waals surface area contributed by atoms with Crippen LogP contribution in [-0.2, 0) is 25.5 Å². The van der Waals surface area contributed by atoms with Crippen LogP contribution in [0.25, 0.3) is 12.2 Å². The quantitative estimate of drug-likeness (QED) is 0.101. The van der Waals surface area contributed by atoms with Crippen molar-refractivity contribution in [2.75, 3.05) is 13.2 Å². The van der Waals surface area contributed by atoms with Gasteiger partial charge in [0.15, 0.2) is 0 Å². The van der Waals surface area contributed by atoms with E-state index in [-0.39, 0.29) is 30.0 Å². The zero-order valence-corrected chi connectivity index (χ0v) is 26.0. The summed E-state index contributed by atoms with van der Waals surface area (Å²) in [5.74, 6) is -1.39. The second kappa shape index (κ2) is 15.3. The summed E-state index contributed by atoms with van der Waals surface area (Å²) < 4.78 is 11.3. The van der Waals surface area contributed by atoms with Crippen LogP contribution in [0.4, 0.5) is 5.69 Å². The van der Waals surface area contributed by atoms with Gasteiger partial charge in [0.1, 0.15) is 19.0 Å². The molecule has 1 atom stereocenters. The van der Waals surface area contributed by atoms with E-state index in [0.29, 0.717) is 23.4 Å². The third-order valence-electron chi connectivity index (χ3n) is 7.56. The highest BCUT2D eigenvalue weighted by Gasteiger charge is 2.38. The number of ether oxygens (including phenoxy) is 2. The Bertz CT molecular complexity index is 1860. The van der Waals surface area contributed by atoms with E-state index >= 15 is 0 Å². The molecule has 0 saturated heterocycles. The smallest absolute Gasteiger partial charge is 0.337 e. The number of nitrogens with one attached hydrogen (secondary N) is 2. The van der Waals surface area contributed by atoms with Crippen LogP contribution in [-0.4, -0.2) is 40.0 Å². The van der Waals surface area contributed by atoms with Gasteiger partial charge in [0.05, 0.1) is 22.0 Å². The number of aromatic nitrogens is 2. The van der Waals surface area contributed by atoms with Crippen molar-refractivity contribution in [1.82, 2.24) is 15.3 Å². The number of nitro groups is 1. The maximum atomic E-state index is 13.6. The molecule has 1 aromatic heterocycles. The fourth-order valence-corrected chi connectivity index (χ4v) is 5.36. The molecule has 47 heavy (non-hydrogen) atoms. The number of rotatable bonds is 12. The highest BCUT2D eigenvalue weighted by atomic mass is 16.6. The molecule has 2 N–H and O–H groups in total. The van der Waals surface area contributed by atoms with Gasteiger partial charge in [-0.2, -0.15) is 0 Å². The van der Waals surface area contributed by atoms with Gasteiger partial charge >= 0.3 is 11.9 Å². The Kier molecular flexibility index (Phi) is 10.5. The summed E-state index contributed by atoms with van der Waals surface area (Å²) in [5, 5.41) is 14.7. The molecule has 0 saturated carbocycles. The lowest BCUT2D eigenvalue weighted by atomic mass is 9.80. The molecule has 0 spiro atoms. The number of esters is 2. The Morgan fingerprint density at radius 3 is 2.04 bits per heavy atom. The molecule has 0 amide bonds. The zero-order valence-electron chi connectivity index (χ0n) is 26.0. The number of carbonyl (C=O) groups is 2. The van der Waals surface area contributed by atoms with Crippen LogP contribution in [0.1, 0.15) is 47.8 Å². The number of aromatic amines is 1. The minimum atomic E-state index is -0.958. The van der Waals surface area contributed by atoms with Gasteiger partial charge in [0, 0.05) is 42.3 Å². The number of imidazole rings is 1. The minimum Gasteiger partial charge on any atom is -0.458 e. The number of nitro benzene ring substituents is 1. The molecule has 0 fully saturated rings. The van der Waals surface area contributed by atoms with E-state index in [4.69, 9.17) is 9.47 Å². The number of allylic oxidation sites excluding steroid dienone is 2. The fraction of sp³-hybridized carbons (Fsp3) is 0.162. The summed E-state index contributed by atoms with van der Waals surface area (Å²) in [6.07, 6.45) is 11.3. The number of hydrogen-bond donors (Lipinski definition) is 2. The maximum Gasteiger partial charge on any atom is 0.337 e. The first-order valence-corrected chi connectivity index (χ1v) is 15.0. The molecule has 2 heterocycles. The largest absolute Gasteiger partial charge is 0.458 e. The summed E-state index contributed by atoms with van der Waals surface area (Å²) in [6.45, 7) is 3.37. The van der Waals surface area contributed by atoms with E-state index in [1.54, 1.807) is 44.5 Å². The number of non-ortho nitro benzene ring substituents is 1. The first-order valence-electron chi connectivity index (χ1n) is 15.0. The summed E-state index contributed by atoms with van der Waals surface area (Å²) in [5.41, 5.74) is 4.49. The molecule has 0 bridgehead atoms. The monoisotopic (exact) mass is 630 g/mol. The third-order valence-corrected chi connectivity index (χ3v) is 7.56. The van der Waals surface area contributed by atoms with Crippen LogP contribution >= 0.6 is 0 Å². The van der Waals surface area contributed by atoms with E-state index in [2.05, 4.69) is 15.3 Å². The topological polar surface area (TPSA) is 136 Å². The van der Waals surface area contributed by atoms with Crippen molar-refractivity contribution in [2.24, 2.45) is 0 Å². The van der Waals surface area contributed by atoms with Crippen LogP contribution < -0.4 is 5.32 Å². The van der Waals surface area contributed by atoms with Crippen LogP contribution in [0.15, 0.2) is 126 Å². The Hall–Kier alpha value is -6.03. The first kappa shape index (κ1) is 32.4. The van der Waals surface area contributed by atoms with Gasteiger partial charge < -0.3 is 19.8 Å². The van der Waals surface area contributed by atoms with Crippen LogP contribution in [0.2, 0.25) is 0 Å². The highest BCUT2D eigenvalue weighted by Crippen LogP contribution is 2.40. The molecule has 0 radical (unpaired) electrons. The molecule has 238 valence electrons. The predicted octanol–water partition coefficient (Wildman–Crippen LogP) is 6.66. The molecule has 10 nitrogen and oxygen atoms in total. The lowest BCUT2D eigenvalue weighted by molar-refractivity contribution is -0.384. The van der Waals surface area contributed by atoms with Gasteiger partial charge in [-0.25, -0.2) is 14.6 Å². The minimum absolute atomic E-state index is 0.0107. The number of dihydropyridines is 1. The van der Waals surface area contributed by atoms with Crippen LogP contribution in [0, 0.1) is 10.1 Å². The van der Waals surface area contributed by atoms with Crippen molar-refractivity contribution in [3.05, 3.63) is 164 Å². The van der Waals surface area contributed by atoms with Gasteiger partial charge in [0.25, 0.3) is 5.69 Å². The molecular weight excluding hydrogens is 596 g/mol. The molecule has 0 aliphatic carbocycles. The average molecular weight is 631 g/mol. The number of carbonyl (C=O) groups excluding carboxylic acids is 2. The van der Waals surface area contributed by atoms with E-state index < -0.39 is 22.8 Å². The van der Waals surface area contributed by atoms with Crippen molar-refractivity contribution in [3.63, 3.8) is 0 Å². The lowest BCUT2D eigenvalue weighted by Gasteiger charge is -2.30. The Morgan fingerprint density at radius 1 is 0.851 bits per heavy atom. The molecule has 1 aliphatic heterocycles. The third kappa shape index (κ3) is 8.37. The van der Waals surface area contributed by atoms with Crippen LogP contribution in [0.3, 0.4) is 0 Å². The van der Waals surface area contributed by atoms with Gasteiger partial charge in [0.2, 0.25) is 0 Å². The standard InChI is InChI=1S/C37H34N4O6/c1-25-33(36(42)46-21-7-11-27-9-4-3-5-10-27)35(30-13-6-14-31(24-30)41(44)45)34(26(2)40-25)37(43)47-22-8-12-28-15-17-29(18-16-28)23-32-38-19-20-39-32/h3-20,24,35,40H,21-23H2,1-2H3,(H,38,39). The second-order valence-electron chi connectivity index (χ2n) is 10.9. The molecule has 10 heteroatoms. The maximum absolute atomic E-state index is 13.6. The summed E-state index contributed by atoms with van der Waals surface area (Å²) in [7, 11) is 0. The first-order chi connectivity index (χ1) is 22.8. The lowest BCUT2D eigenvalue weighted by Crippen LogP contribution is -2.32. The van der Waals surface area contributed by atoms with Gasteiger partial charge in [-0.05, 0) is 48.3 Å². The molecule has 5 rings (SSSR count). The number of H-pyrrole nitrogens is 1. The van der Waals surface area contributed by atoms with Crippen molar-refractivity contribution >= 4 is 29.8 Å². The number of nitrogens with zero attached hydrogens (tertiary/aromatic N) is 2. The van der Waals surface area contributed by atoms with Crippen molar-refractivity contribution in [2.45, 2.75) is 26.2 Å². The summed E-state index contributed by atoms with van der Waals surface area (Å²) in [6, 6.07) is 23.4.